The standard InChI is InChI=1S/C18H12ClF3N2OS2/c19-14-7-6-12(8-13(14)18(20,21)22)23-16(25)10-27-17-24-15(9-26-17)11-4-2-1-3-5-11/h1-9H,10H2,(H,23,25). The fourth-order valence-corrected chi connectivity index (χ4v) is 4.07. The highest BCUT2D eigenvalue weighted by Gasteiger charge is 2.33. The molecule has 3 nitrogen and oxygen atoms in total. The number of carbonyl (C=O) groups is 1. The van der Waals surface area contributed by atoms with Crippen LogP contribution < -0.4 is 5.32 Å². The Bertz CT molecular complexity index is 945. The fraction of sp³-hybridized carbons (Fsp3) is 0.111. The number of alkyl halides is 3. The number of anilines is 1. The lowest BCUT2D eigenvalue weighted by Gasteiger charge is -2.11. The number of hydrogen-bond donors (Lipinski definition) is 1. The first-order valence-electron chi connectivity index (χ1n) is 7.63. The number of rotatable bonds is 5. The van der Waals surface area contributed by atoms with E-state index in [2.05, 4.69) is 10.3 Å². The van der Waals surface area contributed by atoms with Gasteiger partial charge in [-0.05, 0) is 18.2 Å². The van der Waals surface area contributed by atoms with Crippen LogP contribution in [-0.2, 0) is 11.0 Å². The van der Waals surface area contributed by atoms with E-state index < -0.39 is 22.7 Å². The Hall–Kier alpha value is -2.03. The molecular weight excluding hydrogens is 417 g/mol. The molecule has 0 unspecified atom stereocenters. The van der Waals surface area contributed by atoms with Crippen molar-refractivity contribution in [3.05, 3.63) is 64.5 Å². The maximum Gasteiger partial charge on any atom is 0.417 e. The highest BCUT2D eigenvalue weighted by Crippen LogP contribution is 2.36. The molecule has 0 aliphatic rings. The second kappa shape index (κ2) is 8.33. The summed E-state index contributed by atoms with van der Waals surface area (Å²) in [6.07, 6.45) is -4.58. The van der Waals surface area contributed by atoms with Gasteiger partial charge < -0.3 is 5.32 Å². The van der Waals surface area contributed by atoms with Gasteiger partial charge in [-0.15, -0.1) is 11.3 Å². The quantitative estimate of drug-likeness (QED) is 0.491. The molecule has 0 fully saturated rings. The highest BCUT2D eigenvalue weighted by molar-refractivity contribution is 8.01. The van der Waals surface area contributed by atoms with Crippen molar-refractivity contribution in [2.75, 3.05) is 11.1 Å². The van der Waals surface area contributed by atoms with E-state index in [1.165, 1.54) is 29.2 Å². The van der Waals surface area contributed by atoms with Crippen LogP contribution in [-0.4, -0.2) is 16.6 Å². The smallest absolute Gasteiger partial charge is 0.325 e. The second-order valence-corrected chi connectivity index (χ2v) is 7.88. The van der Waals surface area contributed by atoms with Crippen molar-refractivity contribution in [2.45, 2.75) is 10.5 Å². The Kier molecular flexibility index (Phi) is 6.08. The number of nitrogens with one attached hydrogen (secondary N) is 1. The van der Waals surface area contributed by atoms with Gasteiger partial charge in [-0.3, -0.25) is 4.79 Å². The van der Waals surface area contributed by atoms with E-state index in [1.54, 1.807) is 0 Å². The number of carbonyl (C=O) groups excluding carboxylic acids is 1. The van der Waals surface area contributed by atoms with Crippen LogP contribution in [0.3, 0.4) is 0 Å². The van der Waals surface area contributed by atoms with Gasteiger partial charge in [0.2, 0.25) is 5.91 Å². The predicted molar refractivity (Wildman–Crippen MR) is 103 cm³/mol. The van der Waals surface area contributed by atoms with Gasteiger partial charge in [0.05, 0.1) is 22.0 Å². The zero-order valence-electron chi connectivity index (χ0n) is 13.6. The molecule has 0 aliphatic carbocycles. The van der Waals surface area contributed by atoms with E-state index >= 15 is 0 Å². The average molecular weight is 429 g/mol. The minimum absolute atomic E-state index is 0.0335. The van der Waals surface area contributed by atoms with Crippen LogP contribution in [0.25, 0.3) is 11.3 Å². The lowest BCUT2D eigenvalue weighted by Crippen LogP contribution is -2.15. The van der Waals surface area contributed by atoms with Crippen molar-refractivity contribution < 1.29 is 18.0 Å². The molecule has 1 N–H and O–H groups in total. The predicted octanol–water partition coefficient (Wildman–Crippen LogP) is 6.21. The van der Waals surface area contributed by atoms with Gasteiger partial charge in [-0.1, -0.05) is 53.7 Å². The van der Waals surface area contributed by atoms with Crippen molar-refractivity contribution in [2.24, 2.45) is 0 Å². The Morgan fingerprint density at radius 3 is 2.63 bits per heavy atom. The third-order valence-electron chi connectivity index (χ3n) is 3.43. The lowest BCUT2D eigenvalue weighted by atomic mass is 10.2. The monoisotopic (exact) mass is 428 g/mol. The van der Waals surface area contributed by atoms with E-state index in [-0.39, 0.29) is 11.4 Å². The van der Waals surface area contributed by atoms with E-state index in [4.69, 9.17) is 11.6 Å². The van der Waals surface area contributed by atoms with Crippen molar-refractivity contribution >= 4 is 46.3 Å². The normalized spacial score (nSPS) is 11.4. The van der Waals surface area contributed by atoms with Crippen LogP contribution >= 0.6 is 34.7 Å². The highest BCUT2D eigenvalue weighted by atomic mass is 35.5. The molecular formula is C18H12ClF3N2OS2. The number of thiazole rings is 1. The number of halogens is 4. The molecule has 140 valence electrons. The number of amides is 1. The van der Waals surface area contributed by atoms with Crippen molar-refractivity contribution in [1.82, 2.24) is 4.98 Å². The van der Waals surface area contributed by atoms with Gasteiger partial charge in [0.1, 0.15) is 0 Å². The summed E-state index contributed by atoms with van der Waals surface area (Å²) in [5, 5.41) is 3.93. The first-order chi connectivity index (χ1) is 12.8. The molecule has 2 aromatic carbocycles. The zero-order chi connectivity index (χ0) is 19.4. The Morgan fingerprint density at radius 1 is 1.19 bits per heavy atom. The summed E-state index contributed by atoms with van der Waals surface area (Å²) in [5.74, 6) is -0.391. The number of aromatic nitrogens is 1. The molecule has 0 spiro atoms. The van der Waals surface area contributed by atoms with Gasteiger partial charge >= 0.3 is 6.18 Å². The average Bonchev–Trinajstić information content (AvgIpc) is 3.10. The lowest BCUT2D eigenvalue weighted by molar-refractivity contribution is -0.137. The van der Waals surface area contributed by atoms with E-state index in [0.29, 0.717) is 4.34 Å². The van der Waals surface area contributed by atoms with Crippen LogP contribution in [0.4, 0.5) is 18.9 Å². The number of benzene rings is 2. The van der Waals surface area contributed by atoms with Crippen molar-refractivity contribution in [3.63, 3.8) is 0 Å². The van der Waals surface area contributed by atoms with E-state index in [1.807, 2.05) is 35.7 Å². The largest absolute Gasteiger partial charge is 0.417 e. The SMILES string of the molecule is O=C(CSc1nc(-c2ccccc2)cs1)Nc1ccc(Cl)c(C(F)(F)F)c1. The maximum atomic E-state index is 12.9. The Labute approximate surface area is 166 Å². The third-order valence-corrected chi connectivity index (χ3v) is 5.79. The molecule has 0 radical (unpaired) electrons. The minimum Gasteiger partial charge on any atom is -0.325 e. The Morgan fingerprint density at radius 2 is 1.93 bits per heavy atom. The topological polar surface area (TPSA) is 42.0 Å². The van der Waals surface area contributed by atoms with E-state index in [9.17, 15) is 18.0 Å². The number of thioether (sulfide) groups is 1. The van der Waals surface area contributed by atoms with Crippen LogP contribution in [0.1, 0.15) is 5.56 Å². The fourth-order valence-electron chi connectivity index (χ4n) is 2.21. The molecule has 27 heavy (non-hydrogen) atoms. The molecule has 0 saturated heterocycles. The molecule has 0 aliphatic heterocycles. The molecule has 1 aromatic heterocycles. The van der Waals surface area contributed by atoms with Crippen LogP contribution in [0.15, 0.2) is 58.3 Å². The second-order valence-electron chi connectivity index (χ2n) is 5.39. The summed E-state index contributed by atoms with van der Waals surface area (Å²) in [6.45, 7) is 0. The third kappa shape index (κ3) is 5.24. The van der Waals surface area contributed by atoms with Gasteiger partial charge in [0.15, 0.2) is 4.34 Å². The van der Waals surface area contributed by atoms with Crippen molar-refractivity contribution in [1.29, 1.82) is 0 Å². The number of hydrogen-bond acceptors (Lipinski definition) is 4. The summed E-state index contributed by atoms with van der Waals surface area (Å²) in [4.78, 5) is 16.5. The Balaban J connectivity index is 1.60. The molecule has 3 aromatic rings. The molecule has 9 heteroatoms. The minimum atomic E-state index is -4.58. The van der Waals surface area contributed by atoms with Gasteiger partial charge in [-0.2, -0.15) is 13.2 Å². The van der Waals surface area contributed by atoms with Gasteiger partial charge in [0, 0.05) is 16.6 Å². The summed E-state index contributed by atoms with van der Waals surface area (Å²) in [5.41, 5.74) is 0.852. The summed E-state index contributed by atoms with van der Waals surface area (Å²) in [6, 6.07) is 12.9. The van der Waals surface area contributed by atoms with Crippen LogP contribution in [0, 0.1) is 0 Å². The summed E-state index contributed by atoms with van der Waals surface area (Å²) in [7, 11) is 0. The van der Waals surface area contributed by atoms with Gasteiger partial charge in [-0.25, -0.2) is 4.98 Å². The molecule has 1 heterocycles. The van der Waals surface area contributed by atoms with Gasteiger partial charge in [0.25, 0.3) is 0 Å². The molecule has 3 rings (SSSR count). The number of nitrogens with zero attached hydrogens (tertiary/aromatic N) is 1. The summed E-state index contributed by atoms with van der Waals surface area (Å²) < 4.78 is 39.3. The van der Waals surface area contributed by atoms with Crippen LogP contribution in [0.5, 0.6) is 0 Å². The molecule has 1 amide bonds. The zero-order valence-corrected chi connectivity index (χ0v) is 16.0. The molecule has 0 saturated carbocycles. The van der Waals surface area contributed by atoms with Crippen LogP contribution in [0.2, 0.25) is 5.02 Å². The molecule has 0 bridgehead atoms. The van der Waals surface area contributed by atoms with Crippen molar-refractivity contribution in [3.8, 4) is 11.3 Å². The first kappa shape index (κ1) is 19.7. The summed E-state index contributed by atoms with van der Waals surface area (Å²) >= 11 is 8.20. The van der Waals surface area contributed by atoms with E-state index in [0.717, 1.165) is 23.4 Å². The first-order valence-corrected chi connectivity index (χ1v) is 9.87. The molecule has 0 atom stereocenters. The maximum absolute atomic E-state index is 12.9.